The van der Waals surface area contributed by atoms with Crippen LogP contribution in [-0.4, -0.2) is 5.11 Å². The molecular formula is C19H24O. The van der Waals surface area contributed by atoms with Gasteiger partial charge >= 0.3 is 0 Å². The van der Waals surface area contributed by atoms with Crippen LogP contribution in [0.15, 0.2) is 24.3 Å². The molecule has 1 heteroatoms. The predicted octanol–water partition coefficient (Wildman–Crippen LogP) is 4.62. The van der Waals surface area contributed by atoms with E-state index in [1.165, 1.54) is 22.3 Å². The summed E-state index contributed by atoms with van der Waals surface area (Å²) < 4.78 is 0. The Balaban J connectivity index is 2.54. The normalized spacial score (nSPS) is 11.2. The van der Waals surface area contributed by atoms with Gasteiger partial charge in [-0.2, -0.15) is 0 Å². The first-order valence-electron chi connectivity index (χ1n) is 7.14. The van der Waals surface area contributed by atoms with E-state index in [2.05, 4.69) is 65.8 Å². The molecule has 1 nitrogen and oxygen atoms in total. The van der Waals surface area contributed by atoms with Crippen LogP contribution in [0.25, 0.3) is 0 Å². The number of aliphatic hydroxyl groups excluding tert-OH is 1. The molecule has 0 fully saturated rings. The van der Waals surface area contributed by atoms with E-state index in [0.29, 0.717) is 0 Å². The molecule has 0 aromatic heterocycles. The van der Waals surface area contributed by atoms with Crippen molar-refractivity contribution in [3.63, 3.8) is 0 Å². The van der Waals surface area contributed by atoms with Crippen LogP contribution in [0.1, 0.15) is 50.6 Å². The fourth-order valence-corrected chi connectivity index (χ4v) is 2.72. The van der Waals surface area contributed by atoms with Crippen molar-refractivity contribution in [3.05, 3.63) is 68.8 Å². The first kappa shape index (κ1) is 14.8. The van der Waals surface area contributed by atoms with Crippen molar-refractivity contribution in [3.8, 4) is 0 Å². The summed E-state index contributed by atoms with van der Waals surface area (Å²) in [6.07, 6.45) is -0.548. The van der Waals surface area contributed by atoms with Gasteiger partial charge in [0.25, 0.3) is 0 Å². The van der Waals surface area contributed by atoms with E-state index in [0.717, 1.165) is 22.3 Å². The molecule has 106 valence electrons. The Morgan fingerprint density at radius 3 is 1.20 bits per heavy atom. The summed E-state index contributed by atoms with van der Waals surface area (Å²) in [5.41, 5.74) is 9.33. The second-order valence-electron chi connectivity index (χ2n) is 5.99. The molecule has 0 saturated heterocycles. The molecule has 0 atom stereocenters. The monoisotopic (exact) mass is 268 g/mol. The Morgan fingerprint density at radius 1 is 0.550 bits per heavy atom. The lowest BCUT2D eigenvalue weighted by Gasteiger charge is -2.19. The highest BCUT2D eigenvalue weighted by Crippen LogP contribution is 2.30. The second kappa shape index (κ2) is 5.41. The highest BCUT2D eigenvalue weighted by atomic mass is 16.3. The van der Waals surface area contributed by atoms with E-state index in [-0.39, 0.29) is 0 Å². The maximum Gasteiger partial charge on any atom is 0.105 e. The lowest BCUT2D eigenvalue weighted by atomic mass is 9.90. The van der Waals surface area contributed by atoms with Crippen LogP contribution < -0.4 is 0 Å². The van der Waals surface area contributed by atoms with E-state index in [9.17, 15) is 5.11 Å². The van der Waals surface area contributed by atoms with Crippen LogP contribution in [0.4, 0.5) is 0 Å². The fourth-order valence-electron chi connectivity index (χ4n) is 2.72. The summed E-state index contributed by atoms with van der Waals surface area (Å²) >= 11 is 0. The molecule has 0 saturated carbocycles. The number of aliphatic hydroxyl groups is 1. The summed E-state index contributed by atoms with van der Waals surface area (Å²) in [6, 6.07) is 8.54. The van der Waals surface area contributed by atoms with E-state index in [1.807, 2.05) is 0 Å². The van der Waals surface area contributed by atoms with E-state index in [4.69, 9.17) is 0 Å². The summed E-state index contributed by atoms with van der Waals surface area (Å²) in [6.45, 7) is 12.6. The van der Waals surface area contributed by atoms with Gasteiger partial charge in [0.2, 0.25) is 0 Å². The van der Waals surface area contributed by atoms with Gasteiger partial charge in [-0.15, -0.1) is 0 Å². The van der Waals surface area contributed by atoms with Gasteiger partial charge in [0.1, 0.15) is 6.10 Å². The Morgan fingerprint density at radius 2 is 0.850 bits per heavy atom. The first-order chi connectivity index (χ1) is 9.31. The second-order valence-corrected chi connectivity index (χ2v) is 5.99. The van der Waals surface area contributed by atoms with Crippen LogP contribution in [0, 0.1) is 41.5 Å². The van der Waals surface area contributed by atoms with Gasteiger partial charge in [-0.3, -0.25) is 0 Å². The van der Waals surface area contributed by atoms with Gasteiger partial charge in [0.15, 0.2) is 0 Å². The predicted molar refractivity (Wildman–Crippen MR) is 85.4 cm³/mol. The maximum absolute atomic E-state index is 10.8. The Labute approximate surface area is 122 Å². The van der Waals surface area contributed by atoms with Crippen molar-refractivity contribution >= 4 is 0 Å². The van der Waals surface area contributed by atoms with Crippen molar-refractivity contribution in [1.29, 1.82) is 0 Å². The van der Waals surface area contributed by atoms with Crippen LogP contribution in [0.3, 0.4) is 0 Å². The molecule has 0 radical (unpaired) electrons. The zero-order chi connectivity index (χ0) is 15.0. The molecule has 20 heavy (non-hydrogen) atoms. The van der Waals surface area contributed by atoms with Crippen molar-refractivity contribution in [2.45, 2.75) is 47.6 Å². The average molecular weight is 268 g/mol. The number of hydrogen-bond donors (Lipinski definition) is 1. The summed E-state index contributed by atoms with van der Waals surface area (Å²) in [5, 5.41) is 10.8. The van der Waals surface area contributed by atoms with Crippen molar-refractivity contribution in [1.82, 2.24) is 0 Å². The third-order valence-electron chi connectivity index (χ3n) is 4.35. The van der Waals surface area contributed by atoms with Gasteiger partial charge < -0.3 is 5.11 Å². The Kier molecular flexibility index (Phi) is 4.01. The molecule has 2 rings (SSSR count). The van der Waals surface area contributed by atoms with Crippen molar-refractivity contribution < 1.29 is 5.11 Å². The summed E-state index contributed by atoms with van der Waals surface area (Å²) in [5.74, 6) is 0. The van der Waals surface area contributed by atoms with Gasteiger partial charge in [0, 0.05) is 0 Å². The van der Waals surface area contributed by atoms with Crippen LogP contribution in [0.2, 0.25) is 0 Å². The quantitative estimate of drug-likeness (QED) is 0.842. The Bertz CT molecular complexity index is 596. The molecule has 2 aromatic rings. The van der Waals surface area contributed by atoms with E-state index in [1.54, 1.807) is 0 Å². The minimum atomic E-state index is -0.548. The minimum Gasteiger partial charge on any atom is -0.384 e. The first-order valence-corrected chi connectivity index (χ1v) is 7.14. The molecule has 0 spiro atoms. The highest BCUT2D eigenvalue weighted by molar-refractivity contribution is 5.45. The zero-order valence-corrected chi connectivity index (χ0v) is 13.3. The zero-order valence-electron chi connectivity index (χ0n) is 13.3. The third kappa shape index (κ3) is 2.64. The largest absolute Gasteiger partial charge is 0.384 e. The summed E-state index contributed by atoms with van der Waals surface area (Å²) in [7, 11) is 0. The molecule has 2 aromatic carbocycles. The molecule has 1 N–H and O–H groups in total. The van der Waals surface area contributed by atoms with Gasteiger partial charge in [-0.25, -0.2) is 0 Å². The summed E-state index contributed by atoms with van der Waals surface area (Å²) in [4.78, 5) is 0. The Hall–Kier alpha value is -1.60. The standard InChI is InChI=1S/C19H24O/c1-11-7-15(5)17(9-13(11)3)19(20)18-10-14(4)12(2)8-16(18)6/h7-10,19-20H,1-6H3. The molecule has 0 bridgehead atoms. The van der Waals surface area contributed by atoms with Gasteiger partial charge in [-0.1, -0.05) is 24.3 Å². The molecule has 0 aliphatic heterocycles. The third-order valence-corrected chi connectivity index (χ3v) is 4.35. The minimum absolute atomic E-state index is 0.548. The van der Waals surface area contributed by atoms with Gasteiger partial charge in [-0.05, 0) is 86.1 Å². The number of rotatable bonds is 2. The number of benzene rings is 2. The molecule has 0 aliphatic rings. The number of hydrogen-bond acceptors (Lipinski definition) is 1. The van der Waals surface area contributed by atoms with Crippen LogP contribution in [0.5, 0.6) is 0 Å². The van der Waals surface area contributed by atoms with Crippen molar-refractivity contribution in [2.24, 2.45) is 0 Å². The lowest BCUT2D eigenvalue weighted by Crippen LogP contribution is -2.06. The molecular weight excluding hydrogens is 244 g/mol. The molecule has 0 amide bonds. The van der Waals surface area contributed by atoms with Crippen LogP contribution in [-0.2, 0) is 0 Å². The average Bonchev–Trinajstić information content (AvgIpc) is 2.37. The van der Waals surface area contributed by atoms with Crippen molar-refractivity contribution in [2.75, 3.05) is 0 Å². The topological polar surface area (TPSA) is 20.2 Å². The highest BCUT2D eigenvalue weighted by Gasteiger charge is 2.16. The molecule has 0 unspecified atom stereocenters. The van der Waals surface area contributed by atoms with Gasteiger partial charge in [0.05, 0.1) is 0 Å². The fraction of sp³-hybridized carbons (Fsp3) is 0.368. The lowest BCUT2D eigenvalue weighted by molar-refractivity contribution is 0.218. The smallest absolute Gasteiger partial charge is 0.105 e. The molecule has 0 aliphatic carbocycles. The maximum atomic E-state index is 10.8. The SMILES string of the molecule is Cc1cc(C)c(C(O)c2cc(C)c(C)cc2C)cc1C. The number of aryl methyl sites for hydroxylation is 6. The van der Waals surface area contributed by atoms with E-state index >= 15 is 0 Å². The molecule has 0 heterocycles. The van der Waals surface area contributed by atoms with E-state index < -0.39 is 6.10 Å². The van der Waals surface area contributed by atoms with Crippen LogP contribution >= 0.6 is 0 Å².